The number of methoxy groups -OCH3 is 2. The van der Waals surface area contributed by atoms with Crippen LogP contribution in [0.1, 0.15) is 26.4 Å². The van der Waals surface area contributed by atoms with Crippen LogP contribution in [0.2, 0.25) is 0 Å². The summed E-state index contributed by atoms with van der Waals surface area (Å²) in [5, 5.41) is 8.06. The highest BCUT2D eigenvalue weighted by Gasteiger charge is 2.22. The Hall–Kier alpha value is -4.15. The van der Waals surface area contributed by atoms with Crippen molar-refractivity contribution in [3.63, 3.8) is 0 Å². The van der Waals surface area contributed by atoms with Gasteiger partial charge in [-0.05, 0) is 50.5 Å². The van der Waals surface area contributed by atoms with Crippen LogP contribution in [0, 0.1) is 12.7 Å². The number of aryl methyl sites for hydroxylation is 1. The fourth-order valence-electron chi connectivity index (χ4n) is 3.85. The lowest BCUT2D eigenvalue weighted by Gasteiger charge is -2.26. The summed E-state index contributed by atoms with van der Waals surface area (Å²) in [7, 11) is 3.16. The van der Waals surface area contributed by atoms with E-state index in [-0.39, 0.29) is 13.2 Å². The summed E-state index contributed by atoms with van der Waals surface area (Å²) in [5.41, 5.74) is 6.63. The molecule has 5 rings (SSSR count). The molecule has 1 saturated heterocycles. The van der Waals surface area contributed by atoms with Crippen molar-refractivity contribution in [2.24, 2.45) is 0 Å². The summed E-state index contributed by atoms with van der Waals surface area (Å²) in [6.45, 7) is 3.84. The number of rotatable bonds is 5. The number of hydrogen-bond acceptors (Lipinski definition) is 9. The molecule has 11 heteroatoms. The Balaban J connectivity index is 0.000000221. The standard InChI is InChI=1S/C15H16N4O3.C9H12FN3.H2/c1-9-7-8-12(22-9)14-17-18-15(16)19(14)13-10(20-2)5-4-6-11(13)21-3;10-8-6-11-9(12-7-8)13-4-2-1-3-5-13;/h4-8H,1-3H3,(H2,16,18);6-7H,1-5H2;1H. The minimum atomic E-state index is -0.374. The highest BCUT2D eigenvalue weighted by Crippen LogP contribution is 2.37. The number of ether oxygens (including phenoxy) is 2. The topological polar surface area (TPSA) is 117 Å². The first-order valence-electron chi connectivity index (χ1n) is 11.2. The number of benzene rings is 1. The van der Waals surface area contributed by atoms with E-state index < -0.39 is 0 Å². The van der Waals surface area contributed by atoms with Crippen LogP contribution >= 0.6 is 0 Å². The summed E-state index contributed by atoms with van der Waals surface area (Å²) in [5.74, 6) is 3.50. The van der Waals surface area contributed by atoms with Crippen molar-refractivity contribution in [3.8, 4) is 28.8 Å². The molecule has 1 fully saturated rings. The van der Waals surface area contributed by atoms with Crippen molar-refractivity contribution < 1.29 is 19.7 Å². The van der Waals surface area contributed by atoms with Gasteiger partial charge in [0.05, 0.1) is 26.6 Å². The number of halogens is 1. The fraction of sp³-hybridized carbons (Fsp3) is 0.333. The average Bonchev–Trinajstić information content (AvgIpc) is 3.49. The predicted molar refractivity (Wildman–Crippen MR) is 131 cm³/mol. The first-order chi connectivity index (χ1) is 17.0. The zero-order chi connectivity index (χ0) is 24.8. The third kappa shape index (κ3) is 5.34. The smallest absolute Gasteiger partial charge is 0.227 e. The van der Waals surface area contributed by atoms with E-state index in [2.05, 4.69) is 25.1 Å². The minimum Gasteiger partial charge on any atom is -0.494 e. The van der Waals surface area contributed by atoms with Gasteiger partial charge in [-0.25, -0.2) is 14.4 Å². The molecule has 0 radical (unpaired) electrons. The number of para-hydroxylation sites is 1. The lowest BCUT2D eigenvalue weighted by Crippen LogP contribution is -2.30. The van der Waals surface area contributed by atoms with E-state index in [0.717, 1.165) is 18.8 Å². The molecule has 186 valence electrons. The van der Waals surface area contributed by atoms with E-state index in [0.29, 0.717) is 34.7 Å². The second-order valence-corrected chi connectivity index (χ2v) is 7.89. The molecule has 0 spiro atoms. The Kier molecular flexibility index (Phi) is 7.44. The number of nitrogens with two attached hydrogens (primary N) is 1. The Morgan fingerprint density at radius 1 is 0.971 bits per heavy atom. The number of furan rings is 1. The van der Waals surface area contributed by atoms with Crippen molar-refractivity contribution in [2.45, 2.75) is 26.2 Å². The van der Waals surface area contributed by atoms with Gasteiger partial charge in [-0.15, -0.1) is 10.2 Å². The Morgan fingerprint density at radius 2 is 1.63 bits per heavy atom. The SMILES string of the molecule is COc1cccc(OC)c1-n1c(N)nnc1-c1ccc(C)o1.Fc1cnc(N2CCCCC2)nc1.[HH]. The maximum absolute atomic E-state index is 12.5. The van der Waals surface area contributed by atoms with Crippen molar-refractivity contribution >= 4 is 11.9 Å². The van der Waals surface area contributed by atoms with Crippen molar-refractivity contribution in [1.29, 1.82) is 0 Å². The Morgan fingerprint density at radius 3 is 2.20 bits per heavy atom. The highest BCUT2D eigenvalue weighted by molar-refractivity contribution is 5.65. The van der Waals surface area contributed by atoms with Crippen LogP contribution in [0.25, 0.3) is 17.3 Å². The van der Waals surface area contributed by atoms with E-state index in [4.69, 9.17) is 19.6 Å². The molecule has 4 heterocycles. The minimum absolute atomic E-state index is 0. The van der Waals surface area contributed by atoms with E-state index in [1.807, 2.05) is 37.3 Å². The van der Waals surface area contributed by atoms with Crippen LogP contribution in [-0.4, -0.2) is 52.0 Å². The molecule has 0 saturated carbocycles. The molecule has 1 aliphatic heterocycles. The van der Waals surface area contributed by atoms with E-state index in [9.17, 15) is 4.39 Å². The van der Waals surface area contributed by atoms with Crippen molar-refractivity contribution in [2.75, 3.05) is 37.9 Å². The van der Waals surface area contributed by atoms with E-state index in [1.165, 1.54) is 31.7 Å². The van der Waals surface area contributed by atoms with E-state index in [1.54, 1.807) is 18.8 Å². The van der Waals surface area contributed by atoms with Gasteiger partial charge in [-0.2, -0.15) is 0 Å². The van der Waals surface area contributed by atoms with Gasteiger partial charge in [0.25, 0.3) is 0 Å². The molecule has 0 bridgehead atoms. The zero-order valence-corrected chi connectivity index (χ0v) is 19.9. The monoisotopic (exact) mass is 483 g/mol. The van der Waals surface area contributed by atoms with Gasteiger partial charge in [0, 0.05) is 14.5 Å². The molecular formula is C24H30FN7O3. The molecule has 0 unspecified atom stereocenters. The molecule has 2 N–H and O–H groups in total. The lowest BCUT2D eigenvalue weighted by molar-refractivity contribution is 0.391. The first-order valence-corrected chi connectivity index (χ1v) is 11.2. The van der Waals surface area contributed by atoms with Gasteiger partial charge >= 0.3 is 0 Å². The van der Waals surface area contributed by atoms with Crippen LogP contribution in [-0.2, 0) is 0 Å². The Bertz CT molecular complexity index is 1230. The number of anilines is 2. The zero-order valence-electron chi connectivity index (χ0n) is 19.9. The van der Waals surface area contributed by atoms with Crippen LogP contribution in [0.4, 0.5) is 16.3 Å². The molecule has 0 atom stereocenters. The quantitative estimate of drug-likeness (QED) is 0.443. The van der Waals surface area contributed by atoms with Crippen LogP contribution in [0.5, 0.6) is 11.5 Å². The van der Waals surface area contributed by atoms with Gasteiger partial charge < -0.3 is 24.5 Å². The van der Waals surface area contributed by atoms with Crippen LogP contribution in [0.3, 0.4) is 0 Å². The highest BCUT2D eigenvalue weighted by atomic mass is 19.1. The van der Waals surface area contributed by atoms with Crippen molar-refractivity contribution in [3.05, 3.63) is 54.3 Å². The molecule has 1 aromatic carbocycles. The number of aromatic nitrogens is 5. The maximum Gasteiger partial charge on any atom is 0.227 e. The summed E-state index contributed by atoms with van der Waals surface area (Å²) in [6.07, 6.45) is 6.08. The normalized spacial score (nSPS) is 13.2. The van der Waals surface area contributed by atoms with Crippen molar-refractivity contribution in [1.82, 2.24) is 24.7 Å². The van der Waals surface area contributed by atoms with Crippen LogP contribution in [0.15, 0.2) is 47.1 Å². The third-order valence-electron chi connectivity index (χ3n) is 5.52. The first kappa shape index (κ1) is 24.0. The Labute approximate surface area is 204 Å². The summed E-state index contributed by atoms with van der Waals surface area (Å²) >= 11 is 0. The summed E-state index contributed by atoms with van der Waals surface area (Å²) in [6, 6.07) is 9.13. The largest absolute Gasteiger partial charge is 0.494 e. The number of nitrogen functional groups attached to an aromatic ring is 1. The van der Waals surface area contributed by atoms with Gasteiger partial charge in [0.15, 0.2) is 11.6 Å². The molecule has 0 amide bonds. The summed E-state index contributed by atoms with van der Waals surface area (Å²) in [4.78, 5) is 9.98. The predicted octanol–water partition coefficient (Wildman–Crippen LogP) is 4.29. The lowest BCUT2D eigenvalue weighted by atomic mass is 10.1. The average molecular weight is 484 g/mol. The van der Waals surface area contributed by atoms with Gasteiger partial charge in [0.2, 0.25) is 17.7 Å². The molecule has 10 nitrogen and oxygen atoms in total. The summed E-state index contributed by atoms with van der Waals surface area (Å²) < 4.78 is 30.6. The number of nitrogens with zero attached hydrogens (tertiary/aromatic N) is 6. The fourth-order valence-corrected chi connectivity index (χ4v) is 3.85. The maximum atomic E-state index is 12.5. The number of piperidine rings is 1. The molecule has 0 aliphatic carbocycles. The van der Waals surface area contributed by atoms with E-state index >= 15 is 0 Å². The van der Waals surface area contributed by atoms with Gasteiger partial charge in [0.1, 0.15) is 22.9 Å². The van der Waals surface area contributed by atoms with Crippen LogP contribution < -0.4 is 20.1 Å². The van der Waals surface area contributed by atoms with Gasteiger partial charge in [-0.3, -0.25) is 4.57 Å². The molecule has 3 aromatic heterocycles. The second kappa shape index (κ2) is 10.9. The molecule has 4 aromatic rings. The molecular weight excluding hydrogens is 453 g/mol. The second-order valence-electron chi connectivity index (χ2n) is 7.89. The molecule has 35 heavy (non-hydrogen) atoms. The molecule has 1 aliphatic rings. The van der Waals surface area contributed by atoms with Gasteiger partial charge in [-0.1, -0.05) is 6.07 Å². The third-order valence-corrected chi connectivity index (χ3v) is 5.52. The number of hydrogen-bond donors (Lipinski definition) is 1.